The molecule has 96 valence electrons. The number of rotatable bonds is 3. The molecule has 18 heavy (non-hydrogen) atoms. The van der Waals surface area contributed by atoms with Crippen LogP contribution in [0, 0.1) is 0 Å². The van der Waals surface area contributed by atoms with Gasteiger partial charge in [-0.2, -0.15) is 5.16 Å². The van der Waals surface area contributed by atoms with Gasteiger partial charge in [0, 0.05) is 5.69 Å². The summed E-state index contributed by atoms with van der Waals surface area (Å²) < 4.78 is 9.64. The summed E-state index contributed by atoms with van der Waals surface area (Å²) in [5.41, 5.74) is 0.549. The van der Waals surface area contributed by atoms with Crippen LogP contribution in [0.25, 0.3) is 11.1 Å². The van der Waals surface area contributed by atoms with Gasteiger partial charge in [0.1, 0.15) is 5.39 Å². The summed E-state index contributed by atoms with van der Waals surface area (Å²) in [4.78, 5) is 27.5. The second-order valence-corrected chi connectivity index (χ2v) is 4.11. The Labute approximate surface area is 103 Å². The smallest absolute Gasteiger partial charge is 0.338 e. The number of esters is 1. The maximum atomic E-state index is 11.7. The molecule has 6 nitrogen and oxygen atoms in total. The fraction of sp³-hybridized carbons (Fsp3) is 0.417. The molecule has 1 atom stereocenters. The fourth-order valence-electron chi connectivity index (χ4n) is 1.71. The lowest BCUT2D eigenvalue weighted by atomic mass is 10.0. The summed E-state index contributed by atoms with van der Waals surface area (Å²) in [5.74, 6) is -0.406. The van der Waals surface area contributed by atoms with Crippen molar-refractivity contribution in [2.75, 3.05) is 7.11 Å². The summed E-state index contributed by atoms with van der Waals surface area (Å²) in [5, 5.41) is 2.31. The third-order valence-corrected chi connectivity index (χ3v) is 3.00. The van der Waals surface area contributed by atoms with Crippen LogP contribution in [-0.2, 0) is 4.74 Å². The number of carbonyl (C=O) groups excluding carboxylic acids is 1. The molecule has 0 aliphatic heterocycles. The van der Waals surface area contributed by atoms with Crippen LogP contribution in [-0.4, -0.2) is 23.2 Å². The number of carbonyl (C=O) groups is 1. The highest BCUT2D eigenvalue weighted by atomic mass is 16.5. The van der Waals surface area contributed by atoms with Crippen molar-refractivity contribution in [1.82, 2.24) is 10.1 Å². The first kappa shape index (κ1) is 12.3. The van der Waals surface area contributed by atoms with Gasteiger partial charge in [-0.15, -0.1) is 0 Å². The lowest BCUT2D eigenvalue weighted by Gasteiger charge is -2.08. The molecule has 0 fully saturated rings. The molecular weight excluding hydrogens is 236 g/mol. The number of pyridine rings is 1. The van der Waals surface area contributed by atoms with Crippen LogP contribution >= 0.6 is 0 Å². The fourth-order valence-corrected chi connectivity index (χ4v) is 1.71. The third-order valence-electron chi connectivity index (χ3n) is 3.00. The van der Waals surface area contributed by atoms with Crippen LogP contribution in [0.5, 0.6) is 0 Å². The van der Waals surface area contributed by atoms with Crippen molar-refractivity contribution in [3.63, 3.8) is 0 Å². The van der Waals surface area contributed by atoms with Gasteiger partial charge in [-0.1, -0.05) is 13.8 Å². The van der Waals surface area contributed by atoms with E-state index in [1.54, 1.807) is 6.07 Å². The second kappa shape index (κ2) is 4.64. The lowest BCUT2D eigenvalue weighted by Crippen LogP contribution is -2.10. The molecule has 0 aliphatic rings. The molecule has 0 aliphatic carbocycles. The quantitative estimate of drug-likeness (QED) is 0.840. The van der Waals surface area contributed by atoms with E-state index in [9.17, 15) is 9.59 Å². The Kier molecular flexibility index (Phi) is 3.18. The number of H-pyrrole nitrogens is 1. The molecule has 0 saturated carbocycles. The summed E-state index contributed by atoms with van der Waals surface area (Å²) in [6, 6.07) is 1.59. The summed E-state index contributed by atoms with van der Waals surface area (Å²) in [7, 11) is 1.27. The zero-order valence-corrected chi connectivity index (χ0v) is 10.4. The molecule has 0 radical (unpaired) electrons. The van der Waals surface area contributed by atoms with Gasteiger partial charge in [0.15, 0.2) is 0 Å². The number of hydrogen-bond donors (Lipinski definition) is 1. The predicted octanol–water partition coefficient (Wildman–Crippen LogP) is 1.82. The molecule has 0 aromatic carbocycles. The topological polar surface area (TPSA) is 85.2 Å². The summed E-state index contributed by atoms with van der Waals surface area (Å²) in [6.45, 7) is 4.00. The Morgan fingerprint density at radius 1 is 1.61 bits per heavy atom. The molecule has 0 amide bonds. The minimum Gasteiger partial charge on any atom is -0.465 e. The van der Waals surface area contributed by atoms with E-state index in [0.29, 0.717) is 5.69 Å². The predicted molar refractivity (Wildman–Crippen MR) is 64.7 cm³/mol. The Morgan fingerprint density at radius 3 is 2.94 bits per heavy atom. The van der Waals surface area contributed by atoms with Crippen LogP contribution < -0.4 is 5.56 Å². The van der Waals surface area contributed by atoms with E-state index in [-0.39, 0.29) is 22.6 Å². The molecule has 0 spiro atoms. The van der Waals surface area contributed by atoms with Gasteiger partial charge in [-0.25, -0.2) is 9.78 Å². The monoisotopic (exact) mass is 250 g/mol. The van der Waals surface area contributed by atoms with Crippen molar-refractivity contribution in [2.45, 2.75) is 26.2 Å². The lowest BCUT2D eigenvalue weighted by molar-refractivity contribution is 0.0602. The summed E-state index contributed by atoms with van der Waals surface area (Å²) >= 11 is 0. The van der Waals surface area contributed by atoms with Gasteiger partial charge < -0.3 is 9.26 Å². The van der Waals surface area contributed by atoms with E-state index in [4.69, 9.17) is 4.52 Å². The molecule has 2 rings (SSSR count). The van der Waals surface area contributed by atoms with E-state index in [1.807, 2.05) is 13.8 Å². The molecule has 0 bridgehead atoms. The Bertz CT molecular complexity index is 641. The van der Waals surface area contributed by atoms with Crippen LogP contribution in [0.4, 0.5) is 0 Å². The van der Waals surface area contributed by atoms with E-state index < -0.39 is 11.5 Å². The Hall–Kier alpha value is -2.11. The van der Waals surface area contributed by atoms with Gasteiger partial charge in [0.2, 0.25) is 0 Å². The highest BCUT2D eigenvalue weighted by Gasteiger charge is 2.20. The highest BCUT2D eigenvalue weighted by Crippen LogP contribution is 2.22. The number of nitrogens with one attached hydrogen (secondary N) is 1. The normalized spacial score (nSPS) is 12.6. The molecule has 1 unspecified atom stereocenters. The number of methoxy groups -OCH3 is 1. The largest absolute Gasteiger partial charge is 0.465 e. The number of fused-ring (bicyclic) bond motifs is 1. The third kappa shape index (κ3) is 1.90. The number of aromatic nitrogens is 2. The van der Waals surface area contributed by atoms with E-state index in [0.717, 1.165) is 6.42 Å². The minimum atomic E-state index is -0.571. The first-order valence-electron chi connectivity index (χ1n) is 5.68. The zero-order chi connectivity index (χ0) is 13.3. The highest BCUT2D eigenvalue weighted by molar-refractivity contribution is 6.01. The van der Waals surface area contributed by atoms with E-state index >= 15 is 0 Å². The SMILES string of the molecule is CCC(C)c1cc(C(=O)OC)c2c(=O)[nH]oc2n1. The second-order valence-electron chi connectivity index (χ2n) is 4.11. The molecule has 6 heteroatoms. The first-order chi connectivity index (χ1) is 8.58. The van der Waals surface area contributed by atoms with Crippen LogP contribution in [0.1, 0.15) is 42.2 Å². The molecule has 2 heterocycles. The average Bonchev–Trinajstić information content (AvgIpc) is 2.77. The van der Waals surface area contributed by atoms with E-state index in [1.165, 1.54) is 7.11 Å². The van der Waals surface area contributed by atoms with Gasteiger partial charge in [0.25, 0.3) is 11.3 Å². The van der Waals surface area contributed by atoms with Gasteiger partial charge in [-0.05, 0) is 18.4 Å². The molecule has 2 aromatic heterocycles. The maximum Gasteiger partial charge on any atom is 0.338 e. The maximum absolute atomic E-state index is 11.7. The molecule has 1 N–H and O–H groups in total. The number of hydrogen-bond acceptors (Lipinski definition) is 5. The zero-order valence-electron chi connectivity index (χ0n) is 10.4. The molecular formula is C12H14N2O4. The van der Waals surface area contributed by atoms with Crippen LogP contribution in [0.3, 0.4) is 0 Å². The van der Waals surface area contributed by atoms with Gasteiger partial charge in [-0.3, -0.25) is 4.79 Å². The average molecular weight is 250 g/mol. The number of nitrogens with zero attached hydrogens (tertiary/aromatic N) is 1. The Morgan fingerprint density at radius 2 is 2.33 bits per heavy atom. The first-order valence-corrected chi connectivity index (χ1v) is 5.68. The van der Waals surface area contributed by atoms with Crippen LogP contribution in [0.2, 0.25) is 0 Å². The van der Waals surface area contributed by atoms with Crippen molar-refractivity contribution in [1.29, 1.82) is 0 Å². The van der Waals surface area contributed by atoms with Crippen molar-refractivity contribution in [3.8, 4) is 0 Å². The van der Waals surface area contributed by atoms with Crippen molar-refractivity contribution in [2.24, 2.45) is 0 Å². The number of ether oxygens (including phenoxy) is 1. The Balaban J connectivity index is 2.74. The van der Waals surface area contributed by atoms with E-state index in [2.05, 4.69) is 14.9 Å². The number of aromatic amines is 1. The summed E-state index contributed by atoms with van der Waals surface area (Å²) in [6.07, 6.45) is 0.869. The van der Waals surface area contributed by atoms with Gasteiger partial charge in [0.05, 0.1) is 12.7 Å². The van der Waals surface area contributed by atoms with Crippen molar-refractivity contribution >= 4 is 17.1 Å². The molecule has 2 aromatic rings. The van der Waals surface area contributed by atoms with Gasteiger partial charge >= 0.3 is 5.97 Å². The molecule has 0 saturated heterocycles. The van der Waals surface area contributed by atoms with Crippen molar-refractivity contribution in [3.05, 3.63) is 27.7 Å². The minimum absolute atomic E-state index is 0.133. The van der Waals surface area contributed by atoms with Crippen LogP contribution in [0.15, 0.2) is 15.4 Å². The standard InChI is InChI=1S/C12H14N2O4/c1-4-6(2)8-5-7(12(16)17-3)9-10(15)14-18-11(9)13-8/h5-6H,4H2,1-3H3,(H,14,15). The van der Waals surface area contributed by atoms with Crippen molar-refractivity contribution < 1.29 is 14.1 Å².